The van der Waals surface area contributed by atoms with Gasteiger partial charge in [0.15, 0.2) is 0 Å². The molecule has 0 aliphatic carbocycles. The quantitative estimate of drug-likeness (QED) is 0.345. The Balaban J connectivity index is 2.42. The van der Waals surface area contributed by atoms with E-state index in [2.05, 4.69) is 17.6 Å². The Morgan fingerprint density at radius 2 is 1.94 bits per heavy atom. The molecule has 4 atom stereocenters. The molecule has 2 rings (SSSR count). The average Bonchev–Trinajstić information content (AvgIpc) is 2.80. The minimum Gasteiger partial charge on any atom is -0.497 e. The number of anilines is 1. The van der Waals surface area contributed by atoms with Crippen molar-refractivity contribution in [1.29, 1.82) is 0 Å². The van der Waals surface area contributed by atoms with Crippen LogP contribution in [0.15, 0.2) is 18.2 Å². The highest BCUT2D eigenvalue weighted by Crippen LogP contribution is 2.48. The minimum absolute atomic E-state index is 0.0594. The summed E-state index contributed by atoms with van der Waals surface area (Å²) in [7, 11) is 2.92. The van der Waals surface area contributed by atoms with Crippen LogP contribution in [0.1, 0.15) is 57.3 Å². The number of nitrogens with one attached hydrogen (secondary N) is 2. The van der Waals surface area contributed by atoms with Crippen LogP contribution < -0.4 is 15.4 Å². The molecule has 1 amide bonds. The molecule has 1 heterocycles. The maximum Gasteiger partial charge on any atom is 0.329 e. The summed E-state index contributed by atoms with van der Waals surface area (Å²) in [6.07, 6.45) is 3.92. The van der Waals surface area contributed by atoms with Gasteiger partial charge in [-0.25, -0.2) is 9.59 Å². The number of fused-ring (bicyclic) bond motifs is 1. The van der Waals surface area contributed by atoms with Gasteiger partial charge in [-0.1, -0.05) is 26.2 Å². The molecule has 0 bridgehead atoms. The van der Waals surface area contributed by atoms with E-state index in [-0.39, 0.29) is 23.0 Å². The van der Waals surface area contributed by atoms with Crippen LogP contribution in [-0.4, -0.2) is 56.5 Å². The molecule has 1 aliphatic heterocycles. The lowest BCUT2D eigenvalue weighted by atomic mass is 9.83. The average molecular weight is 481 g/mol. The normalized spacial score (nSPS) is 20.1. The summed E-state index contributed by atoms with van der Waals surface area (Å²) in [6.45, 7) is 5.61. The van der Waals surface area contributed by atoms with Gasteiger partial charge in [0.2, 0.25) is 5.91 Å². The fraction of sp³-hybridized carbons (Fsp3) is 0.625. The lowest BCUT2D eigenvalue weighted by Gasteiger charge is -2.40. The zero-order valence-corrected chi connectivity index (χ0v) is 21.0. The largest absolute Gasteiger partial charge is 0.497 e. The number of carbonyl (C=O) groups is 3. The SMILES string of the molecule is CCCCC[C@H]1[C@H](SC[C@H](NC(C)=O)C(=O)OC)c2cc(OC)ccc2N[C@H]1C(=O)OCC. The number of thioether (sulfide) groups is 1. The van der Waals surface area contributed by atoms with Crippen molar-refractivity contribution < 1.29 is 28.6 Å². The zero-order chi connectivity index (χ0) is 24.4. The van der Waals surface area contributed by atoms with Crippen LogP contribution in [-0.2, 0) is 23.9 Å². The summed E-state index contributed by atoms with van der Waals surface area (Å²) < 4.78 is 15.7. The summed E-state index contributed by atoms with van der Waals surface area (Å²) in [5, 5.41) is 5.95. The van der Waals surface area contributed by atoms with E-state index in [9.17, 15) is 14.4 Å². The van der Waals surface area contributed by atoms with E-state index in [4.69, 9.17) is 14.2 Å². The summed E-state index contributed by atoms with van der Waals surface area (Å²) >= 11 is 1.54. The van der Waals surface area contributed by atoms with Crippen LogP contribution in [0.3, 0.4) is 0 Å². The van der Waals surface area contributed by atoms with E-state index in [1.165, 1.54) is 25.8 Å². The first-order valence-corrected chi connectivity index (χ1v) is 12.5. The first-order chi connectivity index (χ1) is 15.9. The second-order valence-corrected chi connectivity index (χ2v) is 9.19. The Bertz CT molecular complexity index is 818. The molecule has 8 nitrogen and oxygen atoms in total. The van der Waals surface area contributed by atoms with Crippen molar-refractivity contribution in [2.75, 3.05) is 31.9 Å². The number of ether oxygens (including phenoxy) is 3. The summed E-state index contributed by atoms with van der Waals surface area (Å²) in [6, 6.07) is 4.44. The van der Waals surface area contributed by atoms with E-state index >= 15 is 0 Å². The van der Waals surface area contributed by atoms with Gasteiger partial charge in [-0.3, -0.25) is 4.79 Å². The predicted octanol–water partition coefficient (Wildman–Crippen LogP) is 3.70. The van der Waals surface area contributed by atoms with Crippen molar-refractivity contribution in [2.45, 2.75) is 63.8 Å². The van der Waals surface area contributed by atoms with Crippen LogP contribution in [0.25, 0.3) is 0 Å². The third-order valence-electron chi connectivity index (χ3n) is 5.68. The third kappa shape index (κ3) is 7.28. The number of esters is 2. The van der Waals surface area contributed by atoms with Crippen molar-refractivity contribution in [1.82, 2.24) is 5.32 Å². The minimum atomic E-state index is -0.779. The fourth-order valence-electron chi connectivity index (χ4n) is 4.10. The van der Waals surface area contributed by atoms with Gasteiger partial charge in [-0.05, 0) is 37.1 Å². The molecule has 1 aromatic rings. The van der Waals surface area contributed by atoms with Crippen LogP contribution >= 0.6 is 11.8 Å². The molecule has 0 radical (unpaired) electrons. The Hall–Kier alpha value is -2.42. The van der Waals surface area contributed by atoms with Crippen molar-refractivity contribution in [3.8, 4) is 5.75 Å². The first kappa shape index (κ1) is 26.8. The molecule has 1 aromatic carbocycles. The molecule has 0 saturated heterocycles. The van der Waals surface area contributed by atoms with Crippen LogP contribution in [0.5, 0.6) is 5.75 Å². The molecule has 1 aliphatic rings. The van der Waals surface area contributed by atoms with E-state index in [1.54, 1.807) is 14.0 Å². The van der Waals surface area contributed by atoms with Gasteiger partial charge < -0.3 is 24.8 Å². The predicted molar refractivity (Wildman–Crippen MR) is 129 cm³/mol. The number of hydrogen-bond acceptors (Lipinski definition) is 8. The molecular weight excluding hydrogens is 444 g/mol. The Morgan fingerprint density at radius 3 is 2.55 bits per heavy atom. The fourth-order valence-corrected chi connectivity index (χ4v) is 5.63. The zero-order valence-electron chi connectivity index (χ0n) is 20.1. The number of hydrogen-bond donors (Lipinski definition) is 2. The molecule has 0 aromatic heterocycles. The monoisotopic (exact) mass is 480 g/mol. The van der Waals surface area contributed by atoms with Crippen LogP contribution in [0, 0.1) is 5.92 Å². The lowest BCUT2D eigenvalue weighted by molar-refractivity contribution is -0.145. The van der Waals surface area contributed by atoms with Gasteiger partial charge in [0.05, 0.1) is 20.8 Å². The first-order valence-electron chi connectivity index (χ1n) is 11.4. The Morgan fingerprint density at radius 1 is 1.18 bits per heavy atom. The van der Waals surface area contributed by atoms with E-state index in [1.807, 2.05) is 18.2 Å². The summed E-state index contributed by atoms with van der Waals surface area (Å²) in [4.78, 5) is 36.8. The van der Waals surface area contributed by atoms with Crippen molar-refractivity contribution in [2.24, 2.45) is 5.92 Å². The second-order valence-electron chi connectivity index (χ2n) is 8.02. The van der Waals surface area contributed by atoms with Crippen LogP contribution in [0.4, 0.5) is 5.69 Å². The van der Waals surface area contributed by atoms with Gasteiger partial charge in [0, 0.05) is 29.5 Å². The van der Waals surface area contributed by atoms with Crippen molar-refractivity contribution in [3.63, 3.8) is 0 Å². The molecule has 0 fully saturated rings. The van der Waals surface area contributed by atoms with Gasteiger partial charge >= 0.3 is 11.9 Å². The molecule has 0 unspecified atom stereocenters. The van der Waals surface area contributed by atoms with E-state index < -0.39 is 18.1 Å². The highest BCUT2D eigenvalue weighted by molar-refractivity contribution is 7.99. The number of carbonyl (C=O) groups excluding carboxylic acids is 3. The highest BCUT2D eigenvalue weighted by Gasteiger charge is 2.41. The molecule has 2 N–H and O–H groups in total. The smallest absolute Gasteiger partial charge is 0.329 e. The van der Waals surface area contributed by atoms with E-state index in [0.717, 1.165) is 42.7 Å². The second kappa shape index (κ2) is 13.3. The summed E-state index contributed by atoms with van der Waals surface area (Å²) in [5.41, 5.74) is 1.85. The van der Waals surface area contributed by atoms with Gasteiger partial charge in [-0.15, -0.1) is 0 Å². The molecule has 0 spiro atoms. The maximum atomic E-state index is 12.9. The number of unbranched alkanes of at least 4 members (excludes halogenated alkanes) is 2. The standard InChI is InChI=1S/C24H36N2O6S/c1-6-8-9-10-17-21(24(29)32-7-2)26-19-12-11-16(30-4)13-18(19)22(17)33-14-20(23(28)31-5)25-15(3)27/h11-13,17,20-22,26H,6-10,14H2,1-5H3,(H,25,27)/t17-,20+,21-,22+/m1/s1. The number of rotatable bonds is 12. The topological polar surface area (TPSA) is 103 Å². The molecule has 0 saturated carbocycles. The third-order valence-corrected chi connectivity index (χ3v) is 7.17. The maximum absolute atomic E-state index is 12.9. The molecule has 33 heavy (non-hydrogen) atoms. The van der Waals surface area contributed by atoms with Crippen molar-refractivity contribution in [3.05, 3.63) is 23.8 Å². The molecular formula is C24H36N2O6S. The Kier molecular flexibility index (Phi) is 10.8. The van der Waals surface area contributed by atoms with Gasteiger partial charge in [0.25, 0.3) is 0 Å². The summed E-state index contributed by atoms with van der Waals surface area (Å²) in [5.74, 6) is -0.111. The van der Waals surface area contributed by atoms with Crippen molar-refractivity contribution >= 4 is 35.3 Å². The van der Waals surface area contributed by atoms with E-state index in [0.29, 0.717) is 12.4 Å². The molecule has 9 heteroatoms. The number of benzene rings is 1. The van der Waals surface area contributed by atoms with Gasteiger partial charge in [0.1, 0.15) is 17.8 Å². The lowest BCUT2D eigenvalue weighted by Crippen LogP contribution is -2.45. The number of methoxy groups -OCH3 is 2. The Labute approximate surface area is 200 Å². The number of amides is 1. The highest BCUT2D eigenvalue weighted by atomic mass is 32.2. The molecule has 184 valence electrons. The van der Waals surface area contributed by atoms with Crippen LogP contribution in [0.2, 0.25) is 0 Å². The van der Waals surface area contributed by atoms with Gasteiger partial charge in [-0.2, -0.15) is 11.8 Å².